The van der Waals surface area contributed by atoms with Gasteiger partial charge in [0.1, 0.15) is 0 Å². The highest BCUT2D eigenvalue weighted by molar-refractivity contribution is 5.76. The van der Waals surface area contributed by atoms with E-state index in [0.717, 1.165) is 44.9 Å². The van der Waals surface area contributed by atoms with Gasteiger partial charge < -0.3 is 20.3 Å². The molecule has 6 nitrogen and oxygen atoms in total. The Morgan fingerprint density at radius 1 is 0.375 bits per heavy atom. The summed E-state index contributed by atoms with van der Waals surface area (Å²) in [4.78, 5) is 24.5. The van der Waals surface area contributed by atoms with Crippen molar-refractivity contribution in [2.45, 2.75) is 360 Å². The van der Waals surface area contributed by atoms with Gasteiger partial charge in [-0.2, -0.15) is 0 Å². The number of nitrogens with one attached hydrogen (secondary N) is 1. The average Bonchev–Trinajstić information content (AvgIpc) is 3.38. The molecule has 0 aromatic carbocycles. The van der Waals surface area contributed by atoms with Gasteiger partial charge in [-0.1, -0.05) is 288 Å². The Morgan fingerprint density at radius 3 is 0.986 bits per heavy atom. The first kappa shape index (κ1) is 70.1. The van der Waals surface area contributed by atoms with Crippen LogP contribution in [-0.4, -0.2) is 47.4 Å². The van der Waals surface area contributed by atoms with Crippen LogP contribution in [0, 0.1) is 0 Å². The molecule has 2 atom stereocenters. The maximum Gasteiger partial charge on any atom is 0.305 e. The normalized spacial score (nSPS) is 12.8. The quantitative estimate of drug-likeness (QED) is 0.0320. The van der Waals surface area contributed by atoms with Crippen LogP contribution in [0.2, 0.25) is 0 Å². The van der Waals surface area contributed by atoms with Crippen molar-refractivity contribution in [3.05, 3.63) is 36.5 Å². The molecule has 0 bridgehead atoms. The molecule has 0 aromatic rings. The lowest BCUT2D eigenvalue weighted by Crippen LogP contribution is -2.45. The molecule has 0 spiro atoms. The van der Waals surface area contributed by atoms with E-state index in [-0.39, 0.29) is 18.5 Å². The van der Waals surface area contributed by atoms with Crippen molar-refractivity contribution in [2.24, 2.45) is 0 Å². The largest absolute Gasteiger partial charge is 0.466 e. The minimum absolute atomic E-state index is 0.00937. The number of ether oxygens (including phenoxy) is 1. The number of hydrogen-bond acceptors (Lipinski definition) is 5. The molecule has 0 aliphatic rings. The smallest absolute Gasteiger partial charge is 0.305 e. The lowest BCUT2D eigenvalue weighted by Gasteiger charge is -2.20. The molecule has 1 amide bonds. The minimum atomic E-state index is -0.840. The molecule has 0 radical (unpaired) electrons. The Hall–Kier alpha value is -1.92. The van der Waals surface area contributed by atoms with Crippen molar-refractivity contribution in [3.8, 4) is 0 Å². The van der Waals surface area contributed by atoms with Crippen molar-refractivity contribution in [2.75, 3.05) is 13.2 Å². The average molecular weight is 1010 g/mol. The van der Waals surface area contributed by atoms with Crippen molar-refractivity contribution in [1.29, 1.82) is 0 Å². The van der Waals surface area contributed by atoms with Crippen molar-refractivity contribution in [3.63, 3.8) is 0 Å². The van der Waals surface area contributed by atoms with Crippen LogP contribution in [0.4, 0.5) is 0 Å². The predicted octanol–water partition coefficient (Wildman–Crippen LogP) is 20.4. The van der Waals surface area contributed by atoms with Crippen LogP contribution in [0.15, 0.2) is 36.5 Å². The van der Waals surface area contributed by atoms with E-state index in [9.17, 15) is 19.8 Å². The number of aliphatic hydroxyl groups excluding tert-OH is 2. The van der Waals surface area contributed by atoms with E-state index in [0.29, 0.717) is 19.4 Å². The Morgan fingerprint density at radius 2 is 0.653 bits per heavy atom. The first-order valence-electron chi connectivity index (χ1n) is 32.3. The highest BCUT2D eigenvalue weighted by Gasteiger charge is 2.18. The standard InChI is InChI=1S/C66H125NO5/c1-3-5-7-9-11-13-14-15-33-37-40-44-48-52-56-60-66(71)72-61-57-53-49-45-41-38-35-32-30-28-26-24-22-20-18-16-17-19-21-23-25-27-29-31-34-36-39-43-47-51-55-59-65(70)67-63(62-68)64(69)58-54-50-46-42-12-10-8-6-4-2/h15,18,20,33,54,58,63-64,68-69H,3-14,16-17,19,21-32,34-53,55-57,59-62H2,1-2H3,(H,67,70)/b20-18-,33-15-,58-54+. The van der Waals surface area contributed by atoms with E-state index in [1.165, 1.54) is 276 Å². The molecular formula is C66H125NO5. The zero-order valence-corrected chi connectivity index (χ0v) is 48.4. The molecule has 0 fully saturated rings. The molecule has 0 saturated heterocycles. The second-order valence-corrected chi connectivity index (χ2v) is 22.1. The summed E-state index contributed by atoms with van der Waals surface area (Å²) in [6, 6.07) is -0.624. The molecule has 0 rings (SSSR count). The molecule has 0 saturated carbocycles. The molecule has 0 aliphatic carbocycles. The Labute approximate surface area is 449 Å². The maximum atomic E-state index is 12.4. The minimum Gasteiger partial charge on any atom is -0.466 e. The predicted molar refractivity (Wildman–Crippen MR) is 315 cm³/mol. The van der Waals surface area contributed by atoms with E-state index in [1.54, 1.807) is 6.08 Å². The summed E-state index contributed by atoms with van der Waals surface area (Å²) in [5.41, 5.74) is 0. The first-order chi connectivity index (χ1) is 35.5. The summed E-state index contributed by atoms with van der Waals surface area (Å²) in [7, 11) is 0. The van der Waals surface area contributed by atoms with Gasteiger partial charge in [0.2, 0.25) is 5.91 Å². The first-order valence-corrected chi connectivity index (χ1v) is 32.3. The third-order valence-electron chi connectivity index (χ3n) is 14.9. The molecule has 6 heteroatoms. The summed E-state index contributed by atoms with van der Waals surface area (Å²) < 4.78 is 5.49. The van der Waals surface area contributed by atoms with Gasteiger partial charge in [-0.05, 0) is 83.5 Å². The fourth-order valence-electron chi connectivity index (χ4n) is 9.92. The van der Waals surface area contributed by atoms with Gasteiger partial charge in [-0.3, -0.25) is 9.59 Å². The van der Waals surface area contributed by atoms with Crippen LogP contribution in [-0.2, 0) is 14.3 Å². The number of hydrogen-bond donors (Lipinski definition) is 3. The number of esters is 1. The molecule has 0 heterocycles. The summed E-state index contributed by atoms with van der Waals surface area (Å²) in [6.45, 7) is 4.88. The second-order valence-electron chi connectivity index (χ2n) is 22.1. The molecular weight excluding hydrogens is 887 g/mol. The van der Waals surface area contributed by atoms with E-state index in [4.69, 9.17) is 4.74 Å². The highest BCUT2D eigenvalue weighted by Crippen LogP contribution is 2.17. The van der Waals surface area contributed by atoms with Crippen molar-refractivity contribution in [1.82, 2.24) is 5.32 Å². The van der Waals surface area contributed by atoms with Gasteiger partial charge in [0.05, 0.1) is 25.4 Å². The zero-order valence-electron chi connectivity index (χ0n) is 48.4. The van der Waals surface area contributed by atoms with E-state index in [2.05, 4.69) is 43.5 Å². The monoisotopic (exact) mass is 1010 g/mol. The number of unbranched alkanes of at least 4 members (excludes halogenated alkanes) is 45. The summed E-state index contributed by atoms with van der Waals surface area (Å²) >= 11 is 0. The highest BCUT2D eigenvalue weighted by atomic mass is 16.5. The maximum absolute atomic E-state index is 12.4. The van der Waals surface area contributed by atoms with Gasteiger partial charge in [-0.15, -0.1) is 0 Å². The second kappa shape index (κ2) is 61.6. The summed E-state index contributed by atoms with van der Waals surface area (Å²) in [5.74, 6) is -0.0586. The number of carbonyl (C=O) groups excluding carboxylic acids is 2. The van der Waals surface area contributed by atoms with Crippen LogP contribution < -0.4 is 5.32 Å². The van der Waals surface area contributed by atoms with E-state index in [1.807, 2.05) is 6.08 Å². The van der Waals surface area contributed by atoms with Crippen LogP contribution >= 0.6 is 0 Å². The van der Waals surface area contributed by atoms with E-state index < -0.39 is 12.1 Å². The molecule has 0 aromatic heterocycles. The number of allylic oxidation sites excluding steroid dienone is 5. The topological polar surface area (TPSA) is 95.9 Å². The molecule has 424 valence electrons. The van der Waals surface area contributed by atoms with Gasteiger partial charge in [-0.25, -0.2) is 0 Å². The molecule has 72 heavy (non-hydrogen) atoms. The molecule has 2 unspecified atom stereocenters. The van der Waals surface area contributed by atoms with Gasteiger partial charge in [0, 0.05) is 12.8 Å². The lowest BCUT2D eigenvalue weighted by molar-refractivity contribution is -0.143. The number of amides is 1. The Kier molecular flexibility index (Phi) is 60.0. The summed E-state index contributed by atoms with van der Waals surface area (Å²) in [5, 5.41) is 23.0. The lowest BCUT2D eigenvalue weighted by atomic mass is 10.0. The van der Waals surface area contributed by atoms with Crippen LogP contribution in [0.1, 0.15) is 348 Å². The van der Waals surface area contributed by atoms with Crippen molar-refractivity contribution >= 4 is 11.9 Å². The summed E-state index contributed by atoms with van der Waals surface area (Å²) in [6.07, 6.45) is 77.9. The van der Waals surface area contributed by atoms with Crippen LogP contribution in [0.25, 0.3) is 0 Å². The van der Waals surface area contributed by atoms with Gasteiger partial charge >= 0.3 is 5.97 Å². The zero-order chi connectivity index (χ0) is 52.2. The van der Waals surface area contributed by atoms with Gasteiger partial charge in [0.25, 0.3) is 0 Å². The third kappa shape index (κ3) is 57.4. The van der Waals surface area contributed by atoms with Crippen molar-refractivity contribution < 1.29 is 24.5 Å². The third-order valence-corrected chi connectivity index (χ3v) is 14.9. The number of aliphatic hydroxyl groups is 2. The Bertz CT molecular complexity index is 1170. The number of rotatable bonds is 60. The fourth-order valence-corrected chi connectivity index (χ4v) is 9.92. The van der Waals surface area contributed by atoms with Crippen LogP contribution in [0.3, 0.4) is 0 Å². The molecule has 0 aliphatic heterocycles. The van der Waals surface area contributed by atoms with Gasteiger partial charge in [0.15, 0.2) is 0 Å². The molecule has 3 N–H and O–H groups in total. The van der Waals surface area contributed by atoms with E-state index >= 15 is 0 Å². The fraction of sp³-hybridized carbons (Fsp3) is 0.879. The SMILES string of the molecule is CCCCCCCC/C=C\CCCCCCCC(=O)OCCCCCCCCCCCCCC/C=C\CCCCCCCCCCCCCCCCCC(=O)NC(CO)C(O)/C=C/CCCCCCCCC. The number of carbonyl (C=O) groups is 2. The Balaban J connectivity index is 3.34. The van der Waals surface area contributed by atoms with Crippen LogP contribution in [0.5, 0.6) is 0 Å².